The molecule has 1 aliphatic heterocycles. The highest BCUT2D eigenvalue weighted by Crippen LogP contribution is 2.41. The van der Waals surface area contributed by atoms with Crippen LogP contribution in [0.5, 0.6) is 0 Å². The fourth-order valence-electron chi connectivity index (χ4n) is 3.31. The van der Waals surface area contributed by atoms with E-state index in [1.165, 1.54) is 22.0 Å². The summed E-state index contributed by atoms with van der Waals surface area (Å²) in [4.78, 5) is 34.1. The number of rotatable bonds is 3. The summed E-state index contributed by atoms with van der Waals surface area (Å²) in [5.74, 6) is -0.981. The third-order valence-corrected chi connectivity index (χ3v) is 5.85. The summed E-state index contributed by atoms with van der Waals surface area (Å²) in [6, 6.07) is 8.00. The number of pyridine rings is 1. The van der Waals surface area contributed by atoms with E-state index < -0.39 is 12.0 Å². The first kappa shape index (κ1) is 18.6. The van der Waals surface area contributed by atoms with E-state index in [4.69, 9.17) is 16.6 Å². The number of aryl methyl sites for hydroxylation is 2. The Morgan fingerprint density at radius 1 is 1.32 bits per heavy atom. The smallest absolute Gasteiger partial charge is 0.305 e. The van der Waals surface area contributed by atoms with Gasteiger partial charge in [0.2, 0.25) is 0 Å². The maximum atomic E-state index is 12.3. The molecule has 1 aliphatic rings. The summed E-state index contributed by atoms with van der Waals surface area (Å²) in [5.41, 5.74) is 3.29. The van der Waals surface area contributed by atoms with Crippen molar-refractivity contribution in [3.05, 3.63) is 73.7 Å². The minimum atomic E-state index is -0.981. The molecule has 1 unspecified atom stereocenters. The van der Waals surface area contributed by atoms with Gasteiger partial charge >= 0.3 is 5.97 Å². The highest BCUT2D eigenvalue weighted by atomic mass is 35.5. The minimum Gasteiger partial charge on any atom is -0.481 e. The minimum absolute atomic E-state index is 0.206. The Kier molecular flexibility index (Phi) is 4.64. The van der Waals surface area contributed by atoms with Crippen LogP contribution in [0.3, 0.4) is 0 Å². The summed E-state index contributed by atoms with van der Waals surface area (Å²) in [5, 5.41) is 10.9. The lowest BCUT2D eigenvalue weighted by atomic mass is 9.99. The lowest BCUT2D eigenvalue weighted by Gasteiger charge is -2.14. The third kappa shape index (κ3) is 3.27. The van der Waals surface area contributed by atoms with Gasteiger partial charge in [-0.1, -0.05) is 23.7 Å². The van der Waals surface area contributed by atoms with Crippen molar-refractivity contribution < 1.29 is 9.90 Å². The molecule has 1 N–H and O–H groups in total. The first-order valence-corrected chi connectivity index (χ1v) is 9.77. The number of aliphatic carboxylic acids is 1. The van der Waals surface area contributed by atoms with Crippen LogP contribution in [0.15, 0.2) is 46.3 Å². The first-order chi connectivity index (χ1) is 13.3. The molecule has 3 aromatic rings. The number of thiazole rings is 1. The Morgan fingerprint density at radius 2 is 2.04 bits per heavy atom. The molecule has 8 heteroatoms. The number of carboxylic acids is 1. The molecule has 0 spiro atoms. The SMILES string of the molecule is Cc1nc2c(s1)-c1cn(C)c(=O)cc1C(CC(=O)O)N=C2c1ccc(Cl)cc1. The molecule has 6 nitrogen and oxygen atoms in total. The maximum absolute atomic E-state index is 12.3. The Labute approximate surface area is 169 Å². The van der Waals surface area contributed by atoms with Crippen LogP contribution in [0.4, 0.5) is 0 Å². The van der Waals surface area contributed by atoms with Crippen molar-refractivity contribution >= 4 is 34.6 Å². The monoisotopic (exact) mass is 413 g/mol. The number of carboxylic acid groups (broad SMARTS) is 1. The van der Waals surface area contributed by atoms with Gasteiger partial charge in [0.15, 0.2) is 0 Å². The van der Waals surface area contributed by atoms with Gasteiger partial charge in [0, 0.05) is 35.5 Å². The molecule has 0 aliphatic carbocycles. The standard InChI is InChI=1S/C20H16ClN3O3S/c1-10-22-19-18(11-3-5-12(21)6-4-11)23-15(8-17(26)27)13-7-16(25)24(2)9-14(13)20(19)28-10/h3-7,9,15H,8H2,1-2H3,(H,26,27). The Morgan fingerprint density at radius 3 is 2.71 bits per heavy atom. The molecule has 3 heterocycles. The molecule has 2 aromatic heterocycles. The van der Waals surface area contributed by atoms with Gasteiger partial charge in [-0.25, -0.2) is 4.98 Å². The van der Waals surface area contributed by atoms with Crippen LogP contribution in [0, 0.1) is 6.92 Å². The quantitative estimate of drug-likeness (QED) is 0.707. The van der Waals surface area contributed by atoms with Crippen molar-refractivity contribution in [2.45, 2.75) is 19.4 Å². The van der Waals surface area contributed by atoms with Gasteiger partial charge in [-0.3, -0.25) is 14.6 Å². The summed E-state index contributed by atoms with van der Waals surface area (Å²) in [6.45, 7) is 1.91. The van der Waals surface area contributed by atoms with Gasteiger partial charge in [-0.05, 0) is 24.6 Å². The van der Waals surface area contributed by atoms with E-state index in [-0.39, 0.29) is 12.0 Å². The average molecular weight is 414 g/mol. The van der Waals surface area contributed by atoms with Crippen molar-refractivity contribution in [1.82, 2.24) is 9.55 Å². The Hall–Kier alpha value is -2.77. The summed E-state index contributed by atoms with van der Waals surface area (Å²) >= 11 is 7.53. The van der Waals surface area contributed by atoms with Crippen molar-refractivity contribution in [3.63, 3.8) is 0 Å². The van der Waals surface area contributed by atoms with Crippen LogP contribution in [-0.2, 0) is 11.8 Å². The Balaban J connectivity index is 2.04. The molecule has 4 rings (SSSR count). The van der Waals surface area contributed by atoms with E-state index in [0.717, 1.165) is 21.0 Å². The molecular weight excluding hydrogens is 398 g/mol. The van der Waals surface area contributed by atoms with Gasteiger partial charge in [0.25, 0.3) is 5.56 Å². The number of benzene rings is 1. The van der Waals surface area contributed by atoms with E-state index in [1.54, 1.807) is 25.4 Å². The van der Waals surface area contributed by atoms with E-state index in [0.29, 0.717) is 22.0 Å². The van der Waals surface area contributed by atoms with Crippen LogP contribution >= 0.6 is 22.9 Å². The highest BCUT2D eigenvalue weighted by molar-refractivity contribution is 7.15. The molecule has 0 radical (unpaired) electrons. The van der Waals surface area contributed by atoms with E-state index in [9.17, 15) is 14.7 Å². The molecule has 0 saturated carbocycles. The molecule has 0 amide bonds. The molecule has 142 valence electrons. The maximum Gasteiger partial charge on any atom is 0.305 e. The molecule has 1 atom stereocenters. The van der Waals surface area contributed by atoms with Gasteiger partial charge in [-0.15, -0.1) is 11.3 Å². The fraction of sp³-hybridized carbons (Fsp3) is 0.200. The van der Waals surface area contributed by atoms with Crippen molar-refractivity contribution in [2.24, 2.45) is 12.0 Å². The topological polar surface area (TPSA) is 84.5 Å². The number of hydrogen-bond donors (Lipinski definition) is 1. The number of aliphatic imine (C=N–C) groups is 1. The number of fused-ring (bicyclic) bond motifs is 3. The molecule has 1 aromatic carbocycles. The second-order valence-electron chi connectivity index (χ2n) is 6.60. The lowest BCUT2D eigenvalue weighted by Crippen LogP contribution is -2.18. The molecular formula is C20H16ClN3O3S. The zero-order valence-corrected chi connectivity index (χ0v) is 16.7. The highest BCUT2D eigenvalue weighted by Gasteiger charge is 2.29. The second kappa shape index (κ2) is 7.00. The van der Waals surface area contributed by atoms with E-state index in [1.807, 2.05) is 19.1 Å². The van der Waals surface area contributed by atoms with Gasteiger partial charge in [-0.2, -0.15) is 0 Å². The van der Waals surface area contributed by atoms with Crippen LogP contribution in [0.25, 0.3) is 10.4 Å². The lowest BCUT2D eigenvalue weighted by molar-refractivity contribution is -0.137. The summed E-state index contributed by atoms with van der Waals surface area (Å²) in [7, 11) is 1.67. The number of hydrogen-bond acceptors (Lipinski definition) is 5. The third-order valence-electron chi connectivity index (χ3n) is 4.59. The molecule has 0 fully saturated rings. The predicted octanol–water partition coefficient (Wildman–Crippen LogP) is 3.84. The second-order valence-corrected chi connectivity index (χ2v) is 8.24. The summed E-state index contributed by atoms with van der Waals surface area (Å²) < 4.78 is 1.49. The molecule has 28 heavy (non-hydrogen) atoms. The van der Waals surface area contributed by atoms with Crippen LogP contribution in [0.2, 0.25) is 5.02 Å². The molecule has 0 saturated heterocycles. The summed E-state index contributed by atoms with van der Waals surface area (Å²) in [6.07, 6.45) is 1.52. The largest absolute Gasteiger partial charge is 0.481 e. The van der Waals surface area contributed by atoms with Crippen molar-refractivity contribution in [1.29, 1.82) is 0 Å². The average Bonchev–Trinajstić information content (AvgIpc) is 2.98. The first-order valence-electron chi connectivity index (χ1n) is 8.57. The number of halogens is 1. The van der Waals surface area contributed by atoms with Crippen molar-refractivity contribution in [2.75, 3.05) is 0 Å². The van der Waals surface area contributed by atoms with Crippen molar-refractivity contribution in [3.8, 4) is 10.4 Å². The number of aromatic nitrogens is 2. The molecule has 0 bridgehead atoms. The van der Waals surface area contributed by atoms with Crippen LogP contribution < -0.4 is 5.56 Å². The normalized spacial score (nSPS) is 15.4. The van der Waals surface area contributed by atoms with Crippen LogP contribution in [0.1, 0.15) is 34.3 Å². The van der Waals surface area contributed by atoms with Gasteiger partial charge < -0.3 is 9.67 Å². The van der Waals surface area contributed by atoms with Gasteiger partial charge in [0.05, 0.1) is 28.1 Å². The van der Waals surface area contributed by atoms with E-state index in [2.05, 4.69) is 4.98 Å². The zero-order chi connectivity index (χ0) is 20.0. The number of carbonyl (C=O) groups is 1. The van der Waals surface area contributed by atoms with Gasteiger partial charge in [0.1, 0.15) is 5.69 Å². The van der Waals surface area contributed by atoms with E-state index >= 15 is 0 Å². The fourth-order valence-corrected chi connectivity index (χ4v) is 4.38. The van der Waals surface area contributed by atoms with Crippen LogP contribution in [-0.4, -0.2) is 26.3 Å². The predicted molar refractivity (Wildman–Crippen MR) is 110 cm³/mol. The zero-order valence-electron chi connectivity index (χ0n) is 15.1. The number of nitrogens with zero attached hydrogens (tertiary/aromatic N) is 3. The Bertz CT molecular complexity index is 1180.